The van der Waals surface area contributed by atoms with E-state index in [4.69, 9.17) is 0 Å². The first-order valence-corrected chi connectivity index (χ1v) is 7.90. The Bertz CT molecular complexity index is 1110. The largest absolute Gasteiger partial charge is 0.317 e. The summed E-state index contributed by atoms with van der Waals surface area (Å²) in [5.74, 6) is 0.161. The highest BCUT2D eigenvalue weighted by Gasteiger charge is 2.32. The lowest BCUT2D eigenvalue weighted by Crippen LogP contribution is -2.15. The maximum Gasteiger partial charge on any atom is 0.292 e. The lowest BCUT2D eigenvalue weighted by molar-refractivity contribution is 0.773. The zero-order chi connectivity index (χ0) is 16.1. The van der Waals surface area contributed by atoms with E-state index in [0.29, 0.717) is 5.65 Å². The maximum atomic E-state index is 12.3. The Hall–Kier alpha value is -3.21. The number of aromatic nitrogens is 4. The van der Waals surface area contributed by atoms with Crippen molar-refractivity contribution in [2.75, 3.05) is 0 Å². The van der Waals surface area contributed by atoms with Crippen molar-refractivity contribution in [2.45, 2.75) is 12.3 Å². The summed E-state index contributed by atoms with van der Waals surface area (Å²) in [5, 5.41) is 0. The first-order chi connectivity index (χ1) is 11.8. The molecule has 3 aromatic heterocycles. The fourth-order valence-electron chi connectivity index (χ4n) is 3.70. The Morgan fingerprint density at radius 3 is 2.92 bits per heavy atom. The predicted octanol–water partition coefficient (Wildman–Crippen LogP) is 2.77. The van der Waals surface area contributed by atoms with Gasteiger partial charge in [0.05, 0.1) is 11.4 Å². The number of pyridine rings is 1. The lowest BCUT2D eigenvalue weighted by atomic mass is 9.93. The number of nitrogens with one attached hydrogen (secondary N) is 1. The van der Waals surface area contributed by atoms with Gasteiger partial charge in [0.15, 0.2) is 0 Å². The van der Waals surface area contributed by atoms with Gasteiger partial charge in [-0.2, -0.15) is 0 Å². The first-order valence-electron chi connectivity index (χ1n) is 7.90. The topological polar surface area (TPSA) is 63.0 Å². The van der Waals surface area contributed by atoms with Gasteiger partial charge in [0.1, 0.15) is 0 Å². The van der Waals surface area contributed by atoms with Crippen molar-refractivity contribution in [1.82, 2.24) is 19.4 Å². The summed E-state index contributed by atoms with van der Waals surface area (Å²) in [6.07, 6.45) is 8.06. The lowest BCUT2D eigenvalue weighted by Gasteiger charge is -2.14. The second-order valence-electron chi connectivity index (χ2n) is 6.04. The second kappa shape index (κ2) is 4.89. The van der Waals surface area contributed by atoms with Crippen LogP contribution < -0.4 is 5.56 Å². The normalized spacial score (nSPS) is 15.4. The van der Waals surface area contributed by atoms with Crippen molar-refractivity contribution in [3.8, 4) is 11.3 Å². The highest BCUT2D eigenvalue weighted by molar-refractivity contribution is 5.75. The summed E-state index contributed by atoms with van der Waals surface area (Å²) >= 11 is 0. The molecule has 1 N–H and O–H groups in total. The standard InChI is InChI=1S/C19H14N4O/c24-19-18-21-8-9-23(18)17-15(10-12-4-3-7-20-11-12)13-5-1-2-6-14(13)16(17)22-19/h1-9,11,15H,10H2,(H,22,24). The van der Waals surface area contributed by atoms with Crippen LogP contribution in [0.3, 0.4) is 0 Å². The third-order valence-electron chi connectivity index (χ3n) is 4.70. The number of nitrogens with zero attached hydrogens (tertiary/aromatic N) is 3. The molecule has 0 bridgehead atoms. The van der Waals surface area contributed by atoms with Crippen molar-refractivity contribution < 1.29 is 0 Å². The van der Waals surface area contributed by atoms with Crippen LogP contribution in [0, 0.1) is 0 Å². The number of imidazole rings is 1. The van der Waals surface area contributed by atoms with E-state index in [9.17, 15) is 4.79 Å². The molecule has 1 aliphatic carbocycles. The Kier molecular flexibility index (Phi) is 2.70. The van der Waals surface area contributed by atoms with E-state index in [1.165, 1.54) is 11.1 Å². The molecule has 24 heavy (non-hydrogen) atoms. The van der Waals surface area contributed by atoms with Gasteiger partial charge in [-0.05, 0) is 23.6 Å². The Morgan fingerprint density at radius 2 is 2.04 bits per heavy atom. The summed E-state index contributed by atoms with van der Waals surface area (Å²) in [6.45, 7) is 0. The summed E-state index contributed by atoms with van der Waals surface area (Å²) in [5.41, 5.74) is 5.77. The van der Waals surface area contributed by atoms with Gasteiger partial charge in [0.2, 0.25) is 5.65 Å². The second-order valence-corrected chi connectivity index (χ2v) is 6.04. The predicted molar refractivity (Wildman–Crippen MR) is 91.0 cm³/mol. The number of aromatic amines is 1. The van der Waals surface area contributed by atoms with Crippen LogP contribution in [0.25, 0.3) is 16.9 Å². The molecule has 5 rings (SSSR count). The Morgan fingerprint density at radius 1 is 1.12 bits per heavy atom. The van der Waals surface area contributed by atoms with Crippen molar-refractivity contribution in [2.24, 2.45) is 0 Å². The molecule has 1 unspecified atom stereocenters. The number of hydrogen-bond acceptors (Lipinski definition) is 3. The van der Waals surface area contributed by atoms with Gasteiger partial charge >= 0.3 is 0 Å². The number of fused-ring (bicyclic) bond motifs is 5. The first kappa shape index (κ1) is 13.2. The van der Waals surface area contributed by atoms with Gasteiger partial charge in [-0.25, -0.2) is 4.98 Å². The van der Waals surface area contributed by atoms with E-state index in [1.54, 1.807) is 12.4 Å². The number of rotatable bonds is 2. The van der Waals surface area contributed by atoms with Gasteiger partial charge in [-0.3, -0.25) is 14.2 Å². The van der Waals surface area contributed by atoms with E-state index in [-0.39, 0.29) is 11.5 Å². The average molecular weight is 314 g/mol. The molecule has 0 saturated carbocycles. The molecular weight excluding hydrogens is 300 g/mol. The van der Waals surface area contributed by atoms with Crippen LogP contribution in [0.4, 0.5) is 0 Å². The smallest absolute Gasteiger partial charge is 0.292 e. The van der Waals surface area contributed by atoms with E-state index >= 15 is 0 Å². The van der Waals surface area contributed by atoms with Gasteiger partial charge in [-0.1, -0.05) is 30.3 Å². The third kappa shape index (κ3) is 1.78. The molecule has 0 saturated heterocycles. The van der Waals surface area contributed by atoms with Crippen molar-refractivity contribution >= 4 is 5.65 Å². The van der Waals surface area contributed by atoms with E-state index < -0.39 is 0 Å². The van der Waals surface area contributed by atoms with Crippen LogP contribution in [0.5, 0.6) is 0 Å². The zero-order valence-corrected chi connectivity index (χ0v) is 12.8. The Balaban J connectivity index is 1.79. The molecule has 0 aliphatic heterocycles. The van der Waals surface area contributed by atoms with Crippen LogP contribution >= 0.6 is 0 Å². The number of benzene rings is 1. The van der Waals surface area contributed by atoms with Crippen molar-refractivity contribution in [3.05, 3.63) is 88.4 Å². The fraction of sp³-hybridized carbons (Fsp3) is 0.105. The molecule has 0 radical (unpaired) electrons. The number of hydrogen-bond donors (Lipinski definition) is 1. The minimum atomic E-state index is -0.157. The molecule has 1 aromatic carbocycles. The van der Waals surface area contributed by atoms with E-state index in [2.05, 4.69) is 33.2 Å². The molecule has 5 heteroatoms. The summed E-state index contributed by atoms with van der Waals surface area (Å²) in [6, 6.07) is 12.3. The van der Waals surface area contributed by atoms with Crippen LogP contribution in [-0.2, 0) is 6.42 Å². The molecule has 1 atom stereocenters. The monoisotopic (exact) mass is 314 g/mol. The Labute approximate surface area is 137 Å². The molecule has 1 aliphatic rings. The molecule has 3 heterocycles. The molecule has 0 amide bonds. The fourth-order valence-corrected chi connectivity index (χ4v) is 3.70. The molecular formula is C19H14N4O. The maximum absolute atomic E-state index is 12.3. The van der Waals surface area contributed by atoms with Gasteiger partial charge in [-0.15, -0.1) is 0 Å². The average Bonchev–Trinajstić information content (AvgIpc) is 3.21. The molecule has 0 fully saturated rings. The van der Waals surface area contributed by atoms with Gasteiger partial charge < -0.3 is 4.98 Å². The quantitative estimate of drug-likeness (QED) is 0.619. The summed E-state index contributed by atoms with van der Waals surface area (Å²) < 4.78 is 1.93. The third-order valence-corrected chi connectivity index (χ3v) is 4.70. The molecule has 0 spiro atoms. The van der Waals surface area contributed by atoms with Gasteiger partial charge in [0.25, 0.3) is 5.56 Å². The van der Waals surface area contributed by atoms with E-state index in [1.807, 2.05) is 35.0 Å². The SMILES string of the molecule is O=c1[nH]c2c(n3ccnc13)C(Cc1cccnc1)c1ccccc1-2. The van der Waals surface area contributed by atoms with E-state index in [0.717, 1.165) is 23.4 Å². The van der Waals surface area contributed by atoms with Crippen LogP contribution in [0.15, 0.2) is 66.0 Å². The molecule has 4 aromatic rings. The minimum Gasteiger partial charge on any atom is -0.317 e. The summed E-state index contributed by atoms with van der Waals surface area (Å²) in [4.78, 5) is 23.8. The highest BCUT2D eigenvalue weighted by Crippen LogP contribution is 2.44. The zero-order valence-electron chi connectivity index (χ0n) is 12.8. The van der Waals surface area contributed by atoms with Crippen LogP contribution in [0.2, 0.25) is 0 Å². The highest BCUT2D eigenvalue weighted by atomic mass is 16.1. The van der Waals surface area contributed by atoms with Crippen LogP contribution in [-0.4, -0.2) is 19.4 Å². The number of H-pyrrole nitrogens is 1. The minimum absolute atomic E-state index is 0.157. The van der Waals surface area contributed by atoms with Crippen LogP contribution in [0.1, 0.15) is 22.7 Å². The molecule has 116 valence electrons. The van der Waals surface area contributed by atoms with Gasteiger partial charge in [0, 0.05) is 36.3 Å². The van der Waals surface area contributed by atoms with Crippen molar-refractivity contribution in [1.29, 1.82) is 0 Å². The van der Waals surface area contributed by atoms with Crippen molar-refractivity contribution in [3.63, 3.8) is 0 Å². The molecule has 5 nitrogen and oxygen atoms in total. The summed E-state index contributed by atoms with van der Waals surface area (Å²) in [7, 11) is 0.